The zero-order chi connectivity index (χ0) is 16.1. The standard InChI is InChI=1S/C17H16N4OS/c1-13(2)9-19-17-21(20-11-14-5-3-7-18-10-14)15(12-23-17)16-6-4-8-22-16/h3-8,10-12H,1,9H2,2H3/b19-17?,20-11-. The van der Waals surface area contributed by atoms with Crippen LogP contribution in [0.15, 0.2) is 75.0 Å². The summed E-state index contributed by atoms with van der Waals surface area (Å²) in [6.45, 7) is 6.41. The lowest BCUT2D eigenvalue weighted by Crippen LogP contribution is -2.12. The molecule has 116 valence electrons. The van der Waals surface area contributed by atoms with Crippen LogP contribution in [0.25, 0.3) is 11.5 Å². The van der Waals surface area contributed by atoms with Gasteiger partial charge in [-0.3, -0.25) is 9.98 Å². The molecule has 0 bridgehead atoms. The third-order valence-electron chi connectivity index (χ3n) is 2.95. The van der Waals surface area contributed by atoms with Gasteiger partial charge in [0.2, 0.25) is 4.80 Å². The molecular formula is C17H16N4OS. The third-order valence-corrected chi connectivity index (χ3v) is 3.80. The van der Waals surface area contributed by atoms with E-state index in [2.05, 4.69) is 21.7 Å². The van der Waals surface area contributed by atoms with Crippen LogP contribution in [0.5, 0.6) is 0 Å². The van der Waals surface area contributed by atoms with Crippen LogP contribution < -0.4 is 4.80 Å². The Labute approximate surface area is 138 Å². The van der Waals surface area contributed by atoms with Crippen molar-refractivity contribution in [1.29, 1.82) is 0 Å². The molecule has 3 aromatic rings. The molecule has 0 aliphatic heterocycles. The molecule has 3 aromatic heterocycles. The van der Waals surface area contributed by atoms with E-state index >= 15 is 0 Å². The average Bonchev–Trinajstić information content (AvgIpc) is 3.21. The summed E-state index contributed by atoms with van der Waals surface area (Å²) in [6, 6.07) is 7.58. The molecule has 0 aliphatic rings. The summed E-state index contributed by atoms with van der Waals surface area (Å²) in [5.74, 6) is 0.751. The molecule has 0 unspecified atom stereocenters. The largest absolute Gasteiger partial charge is 0.463 e. The van der Waals surface area contributed by atoms with Crippen molar-refractivity contribution in [2.24, 2.45) is 10.1 Å². The third kappa shape index (κ3) is 3.73. The number of hydrogen-bond acceptors (Lipinski definition) is 5. The Bertz CT molecular complexity index is 873. The first-order valence-corrected chi connectivity index (χ1v) is 7.95. The second kappa shape index (κ2) is 7.02. The SMILES string of the molecule is C=C(C)CN=c1scc(-c2ccco2)n1/N=C\c1cccnc1. The maximum atomic E-state index is 5.49. The van der Waals surface area contributed by atoms with Gasteiger partial charge in [0.25, 0.3) is 0 Å². The number of aromatic nitrogens is 2. The van der Waals surface area contributed by atoms with Gasteiger partial charge in [0.1, 0.15) is 5.69 Å². The van der Waals surface area contributed by atoms with Gasteiger partial charge >= 0.3 is 0 Å². The van der Waals surface area contributed by atoms with E-state index in [1.807, 2.05) is 36.6 Å². The highest BCUT2D eigenvalue weighted by atomic mass is 32.1. The Morgan fingerprint density at radius 3 is 3.04 bits per heavy atom. The molecule has 6 heteroatoms. The topological polar surface area (TPSA) is 55.7 Å². The first kappa shape index (κ1) is 15.2. The first-order chi connectivity index (χ1) is 11.2. The molecule has 0 aromatic carbocycles. The molecule has 0 saturated heterocycles. The number of thiazole rings is 1. The summed E-state index contributed by atoms with van der Waals surface area (Å²) >= 11 is 1.52. The smallest absolute Gasteiger partial charge is 0.206 e. The van der Waals surface area contributed by atoms with Crippen LogP contribution in [0.4, 0.5) is 0 Å². The van der Waals surface area contributed by atoms with Crippen LogP contribution in [0.1, 0.15) is 12.5 Å². The van der Waals surface area contributed by atoms with E-state index in [1.165, 1.54) is 11.3 Å². The van der Waals surface area contributed by atoms with Crippen LogP contribution in [0.3, 0.4) is 0 Å². The summed E-state index contributed by atoms with van der Waals surface area (Å²) in [6.07, 6.45) is 6.89. The molecule has 23 heavy (non-hydrogen) atoms. The molecule has 3 rings (SSSR count). The lowest BCUT2D eigenvalue weighted by atomic mass is 10.3. The monoisotopic (exact) mass is 324 g/mol. The molecule has 0 spiro atoms. The molecular weight excluding hydrogens is 308 g/mol. The summed E-state index contributed by atoms with van der Waals surface area (Å²) in [4.78, 5) is 9.44. The van der Waals surface area contributed by atoms with Gasteiger partial charge in [-0.15, -0.1) is 11.3 Å². The number of pyridine rings is 1. The van der Waals surface area contributed by atoms with Gasteiger partial charge < -0.3 is 4.42 Å². The Hall–Kier alpha value is -2.73. The van der Waals surface area contributed by atoms with Crippen molar-refractivity contribution in [2.45, 2.75) is 6.92 Å². The number of rotatable bonds is 5. The summed E-state index contributed by atoms with van der Waals surface area (Å²) < 4.78 is 7.27. The normalized spacial score (nSPS) is 12.1. The van der Waals surface area contributed by atoms with Crippen LogP contribution in [0, 0.1) is 0 Å². The summed E-state index contributed by atoms with van der Waals surface area (Å²) in [5, 5.41) is 6.53. The van der Waals surface area contributed by atoms with Crippen LogP contribution in [-0.4, -0.2) is 22.4 Å². The zero-order valence-corrected chi connectivity index (χ0v) is 13.5. The van der Waals surface area contributed by atoms with E-state index in [1.54, 1.807) is 29.5 Å². The lowest BCUT2D eigenvalue weighted by molar-refractivity contribution is 0.575. The van der Waals surface area contributed by atoms with E-state index in [9.17, 15) is 0 Å². The van der Waals surface area contributed by atoms with Crippen molar-refractivity contribution in [2.75, 3.05) is 6.54 Å². The van der Waals surface area contributed by atoms with Crippen molar-refractivity contribution < 1.29 is 4.42 Å². The molecule has 0 atom stereocenters. The second-order valence-electron chi connectivity index (χ2n) is 5.00. The molecule has 0 fully saturated rings. The quantitative estimate of drug-likeness (QED) is 0.532. The summed E-state index contributed by atoms with van der Waals surface area (Å²) in [7, 11) is 0. The van der Waals surface area contributed by atoms with E-state index < -0.39 is 0 Å². The lowest BCUT2D eigenvalue weighted by Gasteiger charge is -2.00. The predicted molar refractivity (Wildman–Crippen MR) is 92.5 cm³/mol. The fourth-order valence-electron chi connectivity index (χ4n) is 1.89. The van der Waals surface area contributed by atoms with Crippen LogP contribution in [0.2, 0.25) is 0 Å². The Morgan fingerprint density at radius 1 is 1.43 bits per heavy atom. The van der Waals surface area contributed by atoms with Gasteiger partial charge in [0.05, 0.1) is 19.0 Å². The van der Waals surface area contributed by atoms with Gasteiger partial charge in [-0.2, -0.15) is 5.10 Å². The number of nitrogens with zero attached hydrogens (tertiary/aromatic N) is 4. The molecule has 0 N–H and O–H groups in total. The molecule has 0 radical (unpaired) electrons. The number of hydrogen-bond donors (Lipinski definition) is 0. The molecule has 5 nitrogen and oxygen atoms in total. The van der Waals surface area contributed by atoms with E-state index in [-0.39, 0.29) is 0 Å². The van der Waals surface area contributed by atoms with Gasteiger partial charge in [-0.05, 0) is 25.1 Å². The molecule has 0 aliphatic carbocycles. The minimum absolute atomic E-state index is 0.570. The minimum atomic E-state index is 0.570. The molecule has 0 amide bonds. The Kier molecular flexibility index (Phi) is 4.63. The van der Waals surface area contributed by atoms with Gasteiger partial charge in [0, 0.05) is 23.3 Å². The van der Waals surface area contributed by atoms with Crippen molar-refractivity contribution >= 4 is 17.6 Å². The van der Waals surface area contributed by atoms with Crippen LogP contribution in [-0.2, 0) is 0 Å². The maximum Gasteiger partial charge on any atom is 0.206 e. The highest BCUT2D eigenvalue weighted by Gasteiger charge is 2.09. The van der Waals surface area contributed by atoms with Gasteiger partial charge in [0.15, 0.2) is 5.76 Å². The van der Waals surface area contributed by atoms with Crippen molar-refractivity contribution in [3.63, 3.8) is 0 Å². The fraction of sp³-hybridized carbons (Fsp3) is 0.118. The molecule has 3 heterocycles. The van der Waals surface area contributed by atoms with Crippen molar-refractivity contribution in [3.05, 3.63) is 70.8 Å². The highest BCUT2D eigenvalue weighted by Crippen LogP contribution is 2.20. The predicted octanol–water partition coefficient (Wildman–Crippen LogP) is 3.56. The maximum absolute atomic E-state index is 5.49. The van der Waals surface area contributed by atoms with Crippen molar-refractivity contribution in [1.82, 2.24) is 9.66 Å². The Morgan fingerprint density at radius 2 is 2.35 bits per heavy atom. The van der Waals surface area contributed by atoms with Gasteiger partial charge in [-0.1, -0.05) is 18.2 Å². The van der Waals surface area contributed by atoms with Crippen molar-refractivity contribution in [3.8, 4) is 11.5 Å². The Balaban J connectivity index is 2.04. The summed E-state index contributed by atoms with van der Waals surface area (Å²) in [5.41, 5.74) is 2.78. The fourth-order valence-corrected chi connectivity index (χ4v) is 2.71. The molecule has 0 saturated carbocycles. The van der Waals surface area contributed by atoms with E-state index in [4.69, 9.17) is 4.42 Å². The number of furan rings is 1. The average molecular weight is 324 g/mol. The highest BCUT2D eigenvalue weighted by molar-refractivity contribution is 7.07. The minimum Gasteiger partial charge on any atom is -0.463 e. The first-order valence-electron chi connectivity index (χ1n) is 7.08. The van der Waals surface area contributed by atoms with E-state index in [0.717, 1.165) is 27.4 Å². The van der Waals surface area contributed by atoms with Gasteiger partial charge in [-0.25, -0.2) is 4.68 Å². The van der Waals surface area contributed by atoms with E-state index in [0.29, 0.717) is 6.54 Å². The second-order valence-corrected chi connectivity index (χ2v) is 5.83. The zero-order valence-electron chi connectivity index (χ0n) is 12.7. The van der Waals surface area contributed by atoms with Crippen LogP contribution >= 0.6 is 11.3 Å².